The van der Waals surface area contributed by atoms with Crippen molar-refractivity contribution in [1.82, 2.24) is 4.57 Å². The molecule has 2 nitrogen and oxygen atoms in total. The van der Waals surface area contributed by atoms with Crippen LogP contribution in [-0.4, -0.2) is 17.5 Å². The van der Waals surface area contributed by atoms with Crippen molar-refractivity contribution in [2.24, 2.45) is 0 Å². The molecule has 0 unspecified atom stereocenters. The van der Waals surface area contributed by atoms with Gasteiger partial charge in [0, 0.05) is 16.3 Å². The molecular formula is C31H24BNO. The molecule has 5 aromatic carbocycles. The minimum atomic E-state index is -1.32. The van der Waals surface area contributed by atoms with E-state index in [1.54, 1.807) is 0 Å². The average molecular weight is 437 g/mol. The van der Waals surface area contributed by atoms with Gasteiger partial charge in [-0.15, -0.1) is 0 Å². The molecule has 162 valence electrons. The maximum atomic E-state index is 12.6. The molecule has 0 aliphatic carbocycles. The largest absolute Gasteiger partial charge is 0.376 e. The predicted molar refractivity (Wildman–Crippen MR) is 144 cm³/mol. The first kappa shape index (κ1) is 20.5. The molecular weight excluding hydrogens is 413 g/mol. The molecule has 0 aliphatic heterocycles. The van der Waals surface area contributed by atoms with Crippen molar-refractivity contribution in [1.29, 1.82) is 0 Å². The number of benzene rings is 5. The fraction of sp³-hybridized carbons (Fsp3) is 0.0323. The molecule has 3 heteroatoms. The summed E-state index contributed by atoms with van der Waals surface area (Å²) in [5.41, 5.74) is 5.65. The lowest BCUT2D eigenvalue weighted by Crippen LogP contribution is -2.30. The number of fused-ring (bicyclic) bond motifs is 3. The number of rotatable bonds is 4. The molecule has 1 aromatic heterocycles. The summed E-state index contributed by atoms with van der Waals surface area (Å²) in [5, 5.41) is 15.0. The van der Waals surface area contributed by atoms with Crippen LogP contribution in [0.2, 0.25) is 0 Å². The van der Waals surface area contributed by atoms with E-state index in [-0.39, 0.29) is 0 Å². The van der Waals surface area contributed by atoms with Crippen LogP contribution in [0.15, 0.2) is 127 Å². The molecule has 0 atom stereocenters. The lowest BCUT2D eigenvalue weighted by Gasteiger charge is -2.32. The maximum absolute atomic E-state index is 12.6. The SMILES string of the molecule is Bc1ccc2c(c1)c1ccccc1n2-c1ccccc1C(O)(c1ccccc1)c1ccccc1. The lowest BCUT2D eigenvalue weighted by molar-refractivity contribution is 0.125. The first-order valence-corrected chi connectivity index (χ1v) is 11.6. The summed E-state index contributed by atoms with van der Waals surface area (Å²) < 4.78 is 2.29. The van der Waals surface area contributed by atoms with Crippen LogP contribution in [0.25, 0.3) is 27.5 Å². The Hall–Kier alpha value is -4.08. The van der Waals surface area contributed by atoms with Crippen LogP contribution in [0, 0.1) is 0 Å². The van der Waals surface area contributed by atoms with Crippen LogP contribution in [-0.2, 0) is 5.60 Å². The third-order valence-electron chi connectivity index (χ3n) is 6.75. The molecule has 6 aromatic rings. The Labute approximate surface area is 200 Å². The second-order valence-electron chi connectivity index (χ2n) is 8.83. The molecule has 0 bridgehead atoms. The summed E-state index contributed by atoms with van der Waals surface area (Å²) in [7, 11) is 2.13. The number of hydrogen-bond acceptors (Lipinski definition) is 1. The fourth-order valence-corrected chi connectivity index (χ4v) is 5.16. The minimum absolute atomic E-state index is 0.838. The van der Waals surface area contributed by atoms with E-state index in [9.17, 15) is 5.11 Å². The summed E-state index contributed by atoms with van der Waals surface area (Å²) in [6.45, 7) is 0. The van der Waals surface area contributed by atoms with Gasteiger partial charge in [-0.05, 0) is 29.3 Å². The predicted octanol–water partition coefficient (Wildman–Crippen LogP) is 5.33. The molecule has 0 radical (unpaired) electrons. The van der Waals surface area contributed by atoms with Crippen molar-refractivity contribution in [3.05, 3.63) is 144 Å². The van der Waals surface area contributed by atoms with Crippen molar-refractivity contribution < 1.29 is 5.11 Å². The zero-order chi connectivity index (χ0) is 23.1. The third-order valence-corrected chi connectivity index (χ3v) is 6.75. The molecule has 0 amide bonds. The molecule has 0 spiro atoms. The van der Waals surface area contributed by atoms with Crippen LogP contribution in [0.3, 0.4) is 0 Å². The third kappa shape index (κ3) is 3.09. The van der Waals surface area contributed by atoms with E-state index in [1.165, 1.54) is 16.2 Å². The highest BCUT2D eigenvalue weighted by Gasteiger charge is 2.36. The van der Waals surface area contributed by atoms with Gasteiger partial charge in [-0.3, -0.25) is 0 Å². The number of aromatic nitrogens is 1. The fourth-order valence-electron chi connectivity index (χ4n) is 5.16. The van der Waals surface area contributed by atoms with Gasteiger partial charge in [0.05, 0.1) is 16.7 Å². The van der Waals surface area contributed by atoms with E-state index in [2.05, 4.69) is 60.9 Å². The van der Waals surface area contributed by atoms with Crippen LogP contribution in [0.5, 0.6) is 0 Å². The summed E-state index contributed by atoms with van der Waals surface area (Å²) >= 11 is 0. The van der Waals surface area contributed by atoms with Gasteiger partial charge in [-0.25, -0.2) is 0 Å². The molecule has 6 rings (SSSR count). The van der Waals surface area contributed by atoms with Gasteiger partial charge in [0.25, 0.3) is 0 Å². The van der Waals surface area contributed by atoms with Crippen LogP contribution in [0.4, 0.5) is 0 Å². The molecule has 0 saturated heterocycles. The quantitative estimate of drug-likeness (QED) is 0.293. The Morgan fingerprint density at radius 1 is 0.559 bits per heavy atom. The van der Waals surface area contributed by atoms with E-state index < -0.39 is 5.60 Å². The van der Waals surface area contributed by atoms with Gasteiger partial charge in [-0.1, -0.05) is 115 Å². The maximum Gasteiger partial charge on any atom is 0.142 e. The summed E-state index contributed by atoms with van der Waals surface area (Å²) in [6.07, 6.45) is 0. The van der Waals surface area contributed by atoms with Crippen molar-refractivity contribution >= 4 is 35.1 Å². The summed E-state index contributed by atoms with van der Waals surface area (Å²) in [4.78, 5) is 0. The standard InChI is InChI=1S/C31H24BNO/c32-24-19-20-29-26(21-24)25-15-7-9-17-28(25)33(29)30-18-10-8-16-27(30)31(34,22-11-3-1-4-12-22)23-13-5-2-6-14-23/h1-21,34H,32H2. The minimum Gasteiger partial charge on any atom is -0.376 e. The second-order valence-corrected chi connectivity index (χ2v) is 8.83. The molecule has 34 heavy (non-hydrogen) atoms. The van der Waals surface area contributed by atoms with Crippen molar-refractivity contribution in [2.45, 2.75) is 5.60 Å². The average Bonchev–Trinajstić information content (AvgIpc) is 3.23. The monoisotopic (exact) mass is 437 g/mol. The Morgan fingerprint density at radius 3 is 1.82 bits per heavy atom. The first-order valence-electron chi connectivity index (χ1n) is 11.6. The highest BCUT2D eigenvalue weighted by Crippen LogP contribution is 2.41. The molecule has 0 aliphatic rings. The number of aliphatic hydroxyl groups is 1. The smallest absolute Gasteiger partial charge is 0.142 e. The van der Waals surface area contributed by atoms with Gasteiger partial charge >= 0.3 is 0 Å². The van der Waals surface area contributed by atoms with Gasteiger partial charge < -0.3 is 9.67 Å². The second kappa shape index (κ2) is 8.05. The topological polar surface area (TPSA) is 25.2 Å². The van der Waals surface area contributed by atoms with E-state index >= 15 is 0 Å². The lowest BCUT2D eigenvalue weighted by atomic mass is 9.79. The summed E-state index contributed by atoms with van der Waals surface area (Å²) in [5.74, 6) is 0. The number of nitrogens with zero attached hydrogens (tertiary/aromatic N) is 1. The van der Waals surface area contributed by atoms with Gasteiger partial charge in [-0.2, -0.15) is 0 Å². The molecule has 0 fully saturated rings. The Bertz CT molecular complexity index is 1580. The first-order chi connectivity index (χ1) is 16.7. The Kier molecular flexibility index (Phi) is 4.86. The van der Waals surface area contributed by atoms with Crippen LogP contribution < -0.4 is 5.46 Å². The number of hydrogen-bond donors (Lipinski definition) is 1. The van der Waals surface area contributed by atoms with Crippen molar-refractivity contribution in [3.63, 3.8) is 0 Å². The molecule has 0 saturated carbocycles. The zero-order valence-corrected chi connectivity index (χ0v) is 19.0. The van der Waals surface area contributed by atoms with Crippen molar-refractivity contribution in [2.75, 3.05) is 0 Å². The van der Waals surface area contributed by atoms with Crippen LogP contribution in [0.1, 0.15) is 16.7 Å². The molecule has 1 N–H and O–H groups in total. The molecule has 1 heterocycles. The van der Waals surface area contributed by atoms with Crippen LogP contribution >= 0.6 is 0 Å². The van der Waals surface area contributed by atoms with Gasteiger partial charge in [0.15, 0.2) is 0 Å². The van der Waals surface area contributed by atoms with Gasteiger partial charge in [0.2, 0.25) is 0 Å². The van der Waals surface area contributed by atoms with Crippen molar-refractivity contribution in [3.8, 4) is 5.69 Å². The Morgan fingerprint density at radius 2 is 1.12 bits per heavy atom. The van der Waals surface area contributed by atoms with Gasteiger partial charge in [0.1, 0.15) is 13.4 Å². The number of para-hydroxylation sites is 2. The van der Waals surface area contributed by atoms with E-state index in [1.807, 2.05) is 78.9 Å². The highest BCUT2D eigenvalue weighted by atomic mass is 16.3. The zero-order valence-electron chi connectivity index (χ0n) is 19.0. The van der Waals surface area contributed by atoms with E-state index in [0.29, 0.717) is 0 Å². The van der Waals surface area contributed by atoms with E-state index in [0.717, 1.165) is 33.4 Å². The van der Waals surface area contributed by atoms with E-state index in [4.69, 9.17) is 0 Å². The normalized spacial score (nSPS) is 11.8. The Balaban J connectivity index is 1.73. The highest BCUT2D eigenvalue weighted by molar-refractivity contribution is 6.33. The summed E-state index contributed by atoms with van der Waals surface area (Å²) in [6, 6.07) is 43.2.